The van der Waals surface area contributed by atoms with Crippen molar-refractivity contribution in [2.75, 3.05) is 0 Å². The molecule has 0 fully saturated rings. The van der Waals surface area contributed by atoms with Crippen molar-refractivity contribution in [2.24, 2.45) is 0 Å². The molecule has 0 aliphatic carbocycles. The molecule has 0 atom stereocenters. The van der Waals surface area contributed by atoms with Gasteiger partial charge in [0.1, 0.15) is 11.2 Å². The Labute approximate surface area is 82.0 Å². The van der Waals surface area contributed by atoms with Crippen LogP contribution < -0.4 is 0 Å². The topological polar surface area (TPSA) is 13.1 Å². The minimum Gasteiger partial charge on any atom is -0.456 e. The fourth-order valence-corrected chi connectivity index (χ4v) is 1.76. The molecule has 0 saturated carbocycles. The Kier molecular flexibility index (Phi) is 1.42. The van der Waals surface area contributed by atoms with E-state index in [1.807, 2.05) is 37.3 Å². The first-order valence-corrected chi connectivity index (χ1v) is 4.64. The molecule has 1 radical (unpaired) electrons. The summed E-state index contributed by atoms with van der Waals surface area (Å²) in [6.07, 6.45) is 0. The molecule has 1 aromatic heterocycles. The van der Waals surface area contributed by atoms with Crippen LogP contribution in [0.2, 0.25) is 0 Å². The summed E-state index contributed by atoms with van der Waals surface area (Å²) in [5, 5.41) is 2.31. The molecule has 0 aliphatic heterocycles. The Hall–Kier alpha value is -1.76. The van der Waals surface area contributed by atoms with E-state index in [1.165, 1.54) is 5.39 Å². The van der Waals surface area contributed by atoms with E-state index in [0.717, 1.165) is 22.1 Å². The Morgan fingerprint density at radius 3 is 2.86 bits per heavy atom. The van der Waals surface area contributed by atoms with E-state index < -0.39 is 0 Å². The van der Waals surface area contributed by atoms with Crippen LogP contribution in [0.4, 0.5) is 0 Å². The fraction of sp³-hybridized carbons (Fsp3) is 0.0769. The van der Waals surface area contributed by atoms with E-state index in [2.05, 4.69) is 12.1 Å². The summed E-state index contributed by atoms with van der Waals surface area (Å²) in [6, 6.07) is 15.3. The lowest BCUT2D eigenvalue weighted by molar-refractivity contribution is 0.668. The van der Waals surface area contributed by atoms with Crippen molar-refractivity contribution in [3.63, 3.8) is 0 Å². The van der Waals surface area contributed by atoms with E-state index in [9.17, 15) is 0 Å². The second-order valence-corrected chi connectivity index (χ2v) is 3.49. The molecule has 0 amide bonds. The third-order valence-corrected chi connectivity index (χ3v) is 2.45. The molecule has 0 saturated heterocycles. The third kappa shape index (κ3) is 0.956. The smallest absolute Gasteiger partial charge is 0.135 e. The molecule has 14 heavy (non-hydrogen) atoms. The van der Waals surface area contributed by atoms with Gasteiger partial charge in [0, 0.05) is 10.8 Å². The predicted octanol–water partition coefficient (Wildman–Crippen LogP) is 3.69. The van der Waals surface area contributed by atoms with Gasteiger partial charge in [0.25, 0.3) is 0 Å². The van der Waals surface area contributed by atoms with E-state index in [1.54, 1.807) is 0 Å². The average molecular weight is 181 g/mol. The highest BCUT2D eigenvalue weighted by atomic mass is 16.3. The zero-order valence-corrected chi connectivity index (χ0v) is 7.87. The predicted molar refractivity (Wildman–Crippen MR) is 57.3 cm³/mol. The lowest BCUT2D eigenvalue weighted by Crippen LogP contribution is -1.70. The summed E-state index contributed by atoms with van der Waals surface area (Å²) < 4.78 is 5.71. The summed E-state index contributed by atoms with van der Waals surface area (Å²) in [6.45, 7) is 2.02. The fourth-order valence-electron chi connectivity index (χ4n) is 1.76. The Morgan fingerprint density at radius 1 is 1.07 bits per heavy atom. The lowest BCUT2D eigenvalue weighted by Gasteiger charge is -1.89. The van der Waals surface area contributed by atoms with Crippen LogP contribution in [0.3, 0.4) is 0 Å². The maximum Gasteiger partial charge on any atom is 0.135 e. The van der Waals surface area contributed by atoms with Crippen molar-refractivity contribution >= 4 is 21.9 Å². The first-order valence-electron chi connectivity index (χ1n) is 4.64. The minimum absolute atomic E-state index is 0.946. The quantitative estimate of drug-likeness (QED) is 0.515. The molecular weight excluding hydrogens is 172 g/mol. The molecule has 2 aromatic carbocycles. The summed E-state index contributed by atoms with van der Waals surface area (Å²) in [5.41, 5.74) is 3.00. The van der Waals surface area contributed by atoms with Crippen molar-refractivity contribution in [3.05, 3.63) is 48.0 Å². The van der Waals surface area contributed by atoms with Gasteiger partial charge >= 0.3 is 0 Å². The molecule has 1 heterocycles. The lowest BCUT2D eigenvalue weighted by atomic mass is 10.1. The first kappa shape index (κ1) is 7.63. The molecular formula is C13H9O. The molecule has 3 aromatic rings. The molecule has 0 spiro atoms. The van der Waals surface area contributed by atoms with Gasteiger partial charge in [-0.15, -0.1) is 0 Å². The van der Waals surface area contributed by atoms with Gasteiger partial charge in [-0.25, -0.2) is 0 Å². The van der Waals surface area contributed by atoms with Crippen molar-refractivity contribution in [3.8, 4) is 0 Å². The Morgan fingerprint density at radius 2 is 1.93 bits per heavy atom. The Bertz CT molecular complexity index is 605. The van der Waals surface area contributed by atoms with Crippen LogP contribution in [-0.2, 0) is 0 Å². The Balaban J connectivity index is 2.57. The molecule has 1 nitrogen and oxygen atoms in total. The number of furan rings is 1. The first-order chi connectivity index (χ1) is 6.84. The third-order valence-electron chi connectivity index (χ3n) is 2.45. The molecule has 0 aliphatic rings. The van der Waals surface area contributed by atoms with Gasteiger partial charge in [-0.3, -0.25) is 0 Å². The van der Waals surface area contributed by atoms with Crippen LogP contribution in [0.15, 0.2) is 40.8 Å². The maximum atomic E-state index is 5.71. The number of hydrogen-bond donors (Lipinski definition) is 0. The van der Waals surface area contributed by atoms with Gasteiger partial charge in [0.15, 0.2) is 0 Å². The number of rotatable bonds is 0. The van der Waals surface area contributed by atoms with Crippen LogP contribution in [0.1, 0.15) is 5.56 Å². The summed E-state index contributed by atoms with van der Waals surface area (Å²) in [4.78, 5) is 0. The largest absolute Gasteiger partial charge is 0.456 e. The highest BCUT2D eigenvalue weighted by Crippen LogP contribution is 2.28. The maximum absolute atomic E-state index is 5.71. The number of hydrogen-bond acceptors (Lipinski definition) is 1. The molecule has 0 unspecified atom stereocenters. The highest BCUT2D eigenvalue weighted by Gasteiger charge is 2.04. The van der Waals surface area contributed by atoms with Crippen LogP contribution in [-0.4, -0.2) is 0 Å². The molecule has 0 N–H and O–H groups in total. The van der Waals surface area contributed by atoms with Gasteiger partial charge < -0.3 is 4.42 Å². The van der Waals surface area contributed by atoms with Gasteiger partial charge in [-0.05, 0) is 36.8 Å². The van der Waals surface area contributed by atoms with Gasteiger partial charge in [0.05, 0.1) is 0 Å². The van der Waals surface area contributed by atoms with Crippen LogP contribution in [0.5, 0.6) is 0 Å². The molecule has 1 heteroatoms. The van der Waals surface area contributed by atoms with Crippen LogP contribution in [0, 0.1) is 13.0 Å². The molecule has 67 valence electrons. The van der Waals surface area contributed by atoms with E-state index in [4.69, 9.17) is 4.42 Å². The number of para-hydroxylation sites is 1. The SMILES string of the molecule is Cc1[c]cc2c(c1)oc1ccccc12. The minimum atomic E-state index is 0.946. The zero-order valence-electron chi connectivity index (χ0n) is 7.87. The standard InChI is InChI=1S/C13H9O/c1-9-6-7-11-10-4-2-3-5-12(10)14-13(11)8-9/h2-5,7-8H,1H3. The average Bonchev–Trinajstić information content (AvgIpc) is 2.54. The summed E-state index contributed by atoms with van der Waals surface area (Å²) >= 11 is 0. The van der Waals surface area contributed by atoms with Gasteiger partial charge in [0.2, 0.25) is 0 Å². The van der Waals surface area contributed by atoms with E-state index >= 15 is 0 Å². The summed E-state index contributed by atoms with van der Waals surface area (Å²) in [5.74, 6) is 0. The van der Waals surface area contributed by atoms with Crippen LogP contribution >= 0.6 is 0 Å². The van der Waals surface area contributed by atoms with Crippen molar-refractivity contribution < 1.29 is 4.42 Å². The van der Waals surface area contributed by atoms with Gasteiger partial charge in [-0.1, -0.05) is 18.2 Å². The normalized spacial score (nSPS) is 11.2. The monoisotopic (exact) mass is 181 g/mol. The van der Waals surface area contributed by atoms with E-state index in [-0.39, 0.29) is 0 Å². The van der Waals surface area contributed by atoms with Crippen molar-refractivity contribution in [1.82, 2.24) is 0 Å². The van der Waals surface area contributed by atoms with Crippen molar-refractivity contribution in [2.45, 2.75) is 6.92 Å². The zero-order chi connectivity index (χ0) is 9.54. The molecule has 0 bridgehead atoms. The second kappa shape index (κ2) is 2.61. The van der Waals surface area contributed by atoms with Crippen LogP contribution in [0.25, 0.3) is 21.9 Å². The number of aryl methyl sites for hydroxylation is 1. The van der Waals surface area contributed by atoms with Crippen molar-refractivity contribution in [1.29, 1.82) is 0 Å². The van der Waals surface area contributed by atoms with E-state index in [0.29, 0.717) is 0 Å². The second-order valence-electron chi connectivity index (χ2n) is 3.49. The van der Waals surface area contributed by atoms with Gasteiger partial charge in [-0.2, -0.15) is 0 Å². The number of fused-ring (bicyclic) bond motifs is 3. The number of benzene rings is 2. The summed E-state index contributed by atoms with van der Waals surface area (Å²) in [7, 11) is 0. The highest BCUT2D eigenvalue weighted by molar-refractivity contribution is 6.04. The molecule has 3 rings (SSSR count).